The number of hydrogen-bond donors (Lipinski definition) is 1. The van der Waals surface area contributed by atoms with Crippen molar-refractivity contribution < 1.29 is 4.79 Å². The lowest BCUT2D eigenvalue weighted by Gasteiger charge is -2.15. The van der Waals surface area contributed by atoms with Crippen molar-refractivity contribution in [2.24, 2.45) is 7.05 Å². The molecule has 0 saturated carbocycles. The maximum absolute atomic E-state index is 12.2. The SMILES string of the molecule is CSc1nsc(NC(=O)N2CC[C@@H](c3cnn(C)c3)C2)n1. The molecule has 0 bridgehead atoms. The van der Waals surface area contributed by atoms with Gasteiger partial charge in [-0.3, -0.25) is 10.00 Å². The third-order valence-corrected chi connectivity index (χ3v) is 4.77. The molecular weight excluding hydrogens is 308 g/mol. The van der Waals surface area contributed by atoms with Crippen LogP contribution in [0.4, 0.5) is 9.93 Å². The number of aromatic nitrogens is 4. The third kappa shape index (κ3) is 3.18. The van der Waals surface area contributed by atoms with E-state index in [9.17, 15) is 4.79 Å². The number of nitrogens with one attached hydrogen (secondary N) is 1. The largest absolute Gasteiger partial charge is 0.324 e. The lowest BCUT2D eigenvalue weighted by molar-refractivity contribution is 0.222. The van der Waals surface area contributed by atoms with E-state index in [1.807, 2.05) is 30.6 Å². The van der Waals surface area contributed by atoms with Crippen LogP contribution in [0.2, 0.25) is 0 Å². The Bertz CT molecular complexity index is 639. The van der Waals surface area contributed by atoms with Gasteiger partial charge in [-0.2, -0.15) is 14.5 Å². The molecule has 1 N–H and O–H groups in total. The molecule has 9 heteroatoms. The zero-order valence-electron chi connectivity index (χ0n) is 11.8. The number of anilines is 1. The van der Waals surface area contributed by atoms with Gasteiger partial charge in [0.2, 0.25) is 10.3 Å². The lowest BCUT2D eigenvalue weighted by Crippen LogP contribution is -2.32. The van der Waals surface area contributed by atoms with Crippen LogP contribution in [0.5, 0.6) is 0 Å². The molecule has 2 amide bonds. The first kappa shape index (κ1) is 14.3. The molecule has 0 unspecified atom stereocenters. The fourth-order valence-electron chi connectivity index (χ4n) is 2.38. The quantitative estimate of drug-likeness (QED) is 0.874. The highest BCUT2D eigenvalue weighted by atomic mass is 32.2. The molecule has 0 aromatic carbocycles. The standard InChI is InChI=1S/C12H16N6OS2/c1-17-6-9(5-13-17)8-3-4-18(7-8)12(19)15-10-14-11(20-2)16-21-10/h5-6,8H,3-4,7H2,1-2H3,(H,14,15,16,19)/t8-/m1/s1. The van der Waals surface area contributed by atoms with Crippen molar-refractivity contribution in [3.05, 3.63) is 18.0 Å². The first-order valence-electron chi connectivity index (χ1n) is 6.58. The van der Waals surface area contributed by atoms with Gasteiger partial charge >= 0.3 is 6.03 Å². The topological polar surface area (TPSA) is 75.9 Å². The zero-order chi connectivity index (χ0) is 14.8. The van der Waals surface area contributed by atoms with Gasteiger partial charge in [0.05, 0.1) is 6.20 Å². The summed E-state index contributed by atoms with van der Waals surface area (Å²) >= 11 is 2.67. The van der Waals surface area contributed by atoms with E-state index in [-0.39, 0.29) is 6.03 Å². The number of carbonyl (C=O) groups excluding carboxylic acids is 1. The number of aryl methyl sites for hydroxylation is 1. The van der Waals surface area contributed by atoms with E-state index in [1.165, 1.54) is 28.9 Å². The Hall–Kier alpha value is -1.61. The molecule has 2 aromatic heterocycles. The van der Waals surface area contributed by atoms with Crippen molar-refractivity contribution in [2.45, 2.75) is 17.5 Å². The van der Waals surface area contributed by atoms with E-state index in [2.05, 4.69) is 19.8 Å². The average molecular weight is 324 g/mol. The molecule has 21 heavy (non-hydrogen) atoms. The predicted molar refractivity (Wildman–Crippen MR) is 82.8 cm³/mol. The number of likely N-dealkylation sites (tertiary alicyclic amines) is 1. The van der Waals surface area contributed by atoms with Gasteiger partial charge in [0, 0.05) is 43.8 Å². The summed E-state index contributed by atoms with van der Waals surface area (Å²) in [7, 11) is 1.90. The Labute approximate surface area is 130 Å². The molecular formula is C12H16N6OS2. The number of thioether (sulfide) groups is 1. The lowest BCUT2D eigenvalue weighted by atomic mass is 10.0. The van der Waals surface area contributed by atoms with Gasteiger partial charge in [-0.1, -0.05) is 11.8 Å². The first-order valence-corrected chi connectivity index (χ1v) is 8.57. The van der Waals surface area contributed by atoms with Gasteiger partial charge < -0.3 is 4.90 Å². The van der Waals surface area contributed by atoms with Gasteiger partial charge in [0.1, 0.15) is 0 Å². The van der Waals surface area contributed by atoms with Crippen molar-refractivity contribution in [2.75, 3.05) is 24.7 Å². The molecule has 3 heterocycles. The van der Waals surface area contributed by atoms with E-state index in [4.69, 9.17) is 0 Å². The first-order chi connectivity index (χ1) is 10.2. The molecule has 1 saturated heterocycles. The van der Waals surface area contributed by atoms with E-state index >= 15 is 0 Å². The van der Waals surface area contributed by atoms with Crippen molar-refractivity contribution in [3.63, 3.8) is 0 Å². The van der Waals surface area contributed by atoms with Crippen LogP contribution in [-0.4, -0.2) is 49.4 Å². The number of urea groups is 1. The average Bonchev–Trinajstić information content (AvgIpc) is 3.17. The Morgan fingerprint density at radius 3 is 3.10 bits per heavy atom. The van der Waals surface area contributed by atoms with Gasteiger partial charge in [-0.15, -0.1) is 0 Å². The van der Waals surface area contributed by atoms with Crippen LogP contribution in [0, 0.1) is 0 Å². The van der Waals surface area contributed by atoms with Crippen molar-refractivity contribution in [3.8, 4) is 0 Å². The molecule has 1 aliphatic heterocycles. The van der Waals surface area contributed by atoms with Crippen LogP contribution in [0.3, 0.4) is 0 Å². The Morgan fingerprint density at radius 1 is 1.57 bits per heavy atom. The molecule has 0 spiro atoms. The Balaban J connectivity index is 1.59. The highest BCUT2D eigenvalue weighted by molar-refractivity contribution is 7.98. The second-order valence-electron chi connectivity index (χ2n) is 4.90. The molecule has 7 nitrogen and oxygen atoms in total. The van der Waals surface area contributed by atoms with E-state index < -0.39 is 0 Å². The summed E-state index contributed by atoms with van der Waals surface area (Å²) in [5.41, 5.74) is 1.19. The highest BCUT2D eigenvalue weighted by Gasteiger charge is 2.28. The molecule has 0 aliphatic carbocycles. The van der Waals surface area contributed by atoms with Crippen LogP contribution in [0.1, 0.15) is 17.9 Å². The number of amides is 2. The smallest absolute Gasteiger partial charge is 0.323 e. The number of rotatable bonds is 3. The van der Waals surface area contributed by atoms with Crippen LogP contribution >= 0.6 is 23.3 Å². The summed E-state index contributed by atoms with van der Waals surface area (Å²) in [5, 5.41) is 8.24. The van der Waals surface area contributed by atoms with Crippen molar-refractivity contribution in [1.82, 2.24) is 24.0 Å². The second kappa shape index (κ2) is 6.02. The van der Waals surface area contributed by atoms with Gasteiger partial charge in [-0.05, 0) is 18.2 Å². The minimum absolute atomic E-state index is 0.106. The summed E-state index contributed by atoms with van der Waals surface area (Å²) in [6, 6.07) is -0.106. The number of carbonyl (C=O) groups is 1. The predicted octanol–water partition coefficient (Wildman–Crippen LogP) is 2.01. The van der Waals surface area contributed by atoms with Crippen LogP contribution in [-0.2, 0) is 7.05 Å². The van der Waals surface area contributed by atoms with Gasteiger partial charge in [-0.25, -0.2) is 4.79 Å². The summed E-state index contributed by atoms with van der Waals surface area (Å²) in [4.78, 5) is 18.3. The maximum Gasteiger partial charge on any atom is 0.323 e. The molecule has 1 aliphatic rings. The number of nitrogens with zero attached hydrogens (tertiary/aromatic N) is 5. The van der Waals surface area contributed by atoms with Crippen LogP contribution in [0.25, 0.3) is 0 Å². The molecule has 1 atom stereocenters. The molecule has 1 fully saturated rings. The third-order valence-electron chi connectivity index (χ3n) is 3.48. The maximum atomic E-state index is 12.2. The number of hydrogen-bond acceptors (Lipinski definition) is 6. The summed E-state index contributed by atoms with van der Waals surface area (Å²) in [5.74, 6) is 0.362. The van der Waals surface area contributed by atoms with Crippen molar-refractivity contribution >= 4 is 34.5 Å². The van der Waals surface area contributed by atoms with E-state index in [0.29, 0.717) is 22.8 Å². The van der Waals surface area contributed by atoms with Gasteiger partial charge in [0.15, 0.2) is 0 Å². The summed E-state index contributed by atoms with van der Waals surface area (Å²) < 4.78 is 5.92. The molecule has 112 valence electrons. The Kier molecular flexibility index (Phi) is 4.11. The second-order valence-corrected chi connectivity index (χ2v) is 6.42. The van der Waals surface area contributed by atoms with E-state index in [1.54, 1.807) is 4.68 Å². The normalized spacial score (nSPS) is 18.2. The molecule has 3 rings (SSSR count). The van der Waals surface area contributed by atoms with Crippen molar-refractivity contribution in [1.29, 1.82) is 0 Å². The fourth-order valence-corrected chi connectivity index (χ4v) is 3.50. The minimum atomic E-state index is -0.106. The zero-order valence-corrected chi connectivity index (χ0v) is 13.4. The molecule has 2 aromatic rings. The minimum Gasteiger partial charge on any atom is -0.324 e. The van der Waals surface area contributed by atoms with Crippen LogP contribution < -0.4 is 5.32 Å². The summed E-state index contributed by atoms with van der Waals surface area (Å²) in [6.07, 6.45) is 6.76. The monoisotopic (exact) mass is 324 g/mol. The molecule has 0 radical (unpaired) electrons. The Morgan fingerprint density at radius 2 is 2.43 bits per heavy atom. The fraction of sp³-hybridized carbons (Fsp3) is 0.500. The van der Waals surface area contributed by atoms with Gasteiger partial charge in [0.25, 0.3) is 0 Å². The van der Waals surface area contributed by atoms with E-state index in [0.717, 1.165) is 13.0 Å². The van der Waals surface area contributed by atoms with Crippen LogP contribution in [0.15, 0.2) is 17.6 Å². The highest BCUT2D eigenvalue weighted by Crippen LogP contribution is 2.27. The summed E-state index contributed by atoms with van der Waals surface area (Å²) in [6.45, 7) is 1.46.